The van der Waals surface area contributed by atoms with Gasteiger partial charge < -0.3 is 18.1 Å². The molecule has 2 unspecified atom stereocenters. The van der Waals surface area contributed by atoms with Gasteiger partial charge in [-0.05, 0) is 11.1 Å². The number of nitro groups is 1. The van der Waals surface area contributed by atoms with Gasteiger partial charge in [0.05, 0.1) is 10.5 Å². The van der Waals surface area contributed by atoms with Crippen LogP contribution in [0.2, 0.25) is 0 Å². The number of nitrogens with two attached hydrogens (primary N) is 1. The molecule has 2 bridgehead atoms. The maximum absolute atomic E-state index is 10.7. The molecule has 2 N–H and O–H groups in total. The minimum absolute atomic E-state index is 0. The minimum atomic E-state index is -0.599. The molecule has 0 saturated carbocycles. The van der Waals surface area contributed by atoms with Crippen LogP contribution in [0.5, 0.6) is 0 Å². The molecule has 6 heteroatoms. The summed E-state index contributed by atoms with van der Waals surface area (Å²) in [5.74, 6) is -0.108. The van der Waals surface area contributed by atoms with Crippen LogP contribution in [0.1, 0.15) is 17.0 Å². The Morgan fingerprint density at radius 1 is 1.28 bits per heavy atom. The summed E-state index contributed by atoms with van der Waals surface area (Å²) >= 11 is 0. The summed E-state index contributed by atoms with van der Waals surface area (Å²) in [6.07, 6.45) is 4.87. The summed E-state index contributed by atoms with van der Waals surface area (Å²) in [4.78, 5) is 10.4. The van der Waals surface area contributed by atoms with Gasteiger partial charge in [-0.15, -0.1) is 0 Å². The van der Waals surface area contributed by atoms with Crippen LogP contribution in [-0.4, -0.2) is 4.92 Å². The SMILES string of the molecule is NC12C=CC([N+](=O)[O-])=CC1c1ccc2cc1.[Cl-].[Fe]. The van der Waals surface area contributed by atoms with E-state index in [-0.39, 0.29) is 46.0 Å². The van der Waals surface area contributed by atoms with E-state index in [1.807, 2.05) is 24.3 Å². The quantitative estimate of drug-likeness (QED) is 0.397. The Morgan fingerprint density at radius 2 is 1.89 bits per heavy atom. The first-order valence-corrected chi connectivity index (χ1v) is 5.06. The topological polar surface area (TPSA) is 69.2 Å². The van der Waals surface area contributed by atoms with E-state index in [0.717, 1.165) is 11.1 Å². The Morgan fingerprint density at radius 3 is 2.44 bits per heavy atom. The van der Waals surface area contributed by atoms with Gasteiger partial charge in [0.2, 0.25) is 0 Å². The Kier molecular flexibility index (Phi) is 4.03. The number of benzene rings is 1. The van der Waals surface area contributed by atoms with Crippen molar-refractivity contribution >= 4 is 0 Å². The van der Waals surface area contributed by atoms with Crippen LogP contribution in [0.3, 0.4) is 0 Å². The van der Waals surface area contributed by atoms with Gasteiger partial charge in [-0.1, -0.05) is 30.3 Å². The second-order valence-electron chi connectivity index (χ2n) is 4.21. The van der Waals surface area contributed by atoms with Crippen molar-refractivity contribution in [2.75, 3.05) is 0 Å². The molecule has 0 radical (unpaired) electrons. The molecule has 4 rings (SSSR count). The maximum Gasteiger partial charge on any atom is 0.265 e. The van der Waals surface area contributed by atoms with Crippen molar-refractivity contribution in [1.82, 2.24) is 0 Å². The maximum atomic E-state index is 10.7. The third-order valence-electron chi connectivity index (χ3n) is 3.36. The average molecular weight is 306 g/mol. The second-order valence-corrected chi connectivity index (χ2v) is 4.21. The zero-order valence-corrected chi connectivity index (χ0v) is 11.1. The number of nitrogens with zero attached hydrogens (tertiary/aromatic N) is 1. The van der Waals surface area contributed by atoms with E-state index >= 15 is 0 Å². The van der Waals surface area contributed by atoms with Crippen LogP contribution in [0.15, 0.2) is 48.2 Å². The number of rotatable bonds is 1. The minimum Gasteiger partial charge on any atom is -1.00 e. The summed E-state index contributed by atoms with van der Waals surface area (Å²) in [6.45, 7) is 0. The fourth-order valence-corrected chi connectivity index (χ4v) is 2.44. The largest absolute Gasteiger partial charge is 1.00 e. The number of hydrogen-bond acceptors (Lipinski definition) is 3. The molecule has 96 valence electrons. The molecule has 1 aromatic rings. The average Bonchev–Trinajstić information content (AvgIpc) is 2.29. The zero-order chi connectivity index (χ0) is 11.3. The van der Waals surface area contributed by atoms with Crippen LogP contribution in [0.25, 0.3) is 0 Å². The zero-order valence-electron chi connectivity index (χ0n) is 9.19. The Bertz CT molecular complexity index is 542. The molecule has 18 heavy (non-hydrogen) atoms. The van der Waals surface area contributed by atoms with Gasteiger partial charge in [-0.25, -0.2) is 0 Å². The monoisotopic (exact) mass is 305 g/mol. The van der Waals surface area contributed by atoms with Crippen molar-refractivity contribution < 1.29 is 34.4 Å². The molecule has 3 aliphatic rings. The predicted molar refractivity (Wildman–Crippen MR) is 59.3 cm³/mol. The molecule has 0 aliphatic heterocycles. The summed E-state index contributed by atoms with van der Waals surface area (Å²) in [5, 5.41) is 10.7. The van der Waals surface area contributed by atoms with E-state index in [9.17, 15) is 10.1 Å². The fraction of sp³-hybridized carbons (Fsp3) is 0.167. The molecule has 0 spiro atoms. The van der Waals surface area contributed by atoms with Crippen molar-refractivity contribution in [3.05, 3.63) is 69.4 Å². The van der Waals surface area contributed by atoms with Crippen LogP contribution in [0.4, 0.5) is 0 Å². The fourth-order valence-electron chi connectivity index (χ4n) is 2.44. The van der Waals surface area contributed by atoms with Gasteiger partial charge in [0.15, 0.2) is 0 Å². The summed E-state index contributed by atoms with van der Waals surface area (Å²) in [6, 6.07) is 7.89. The Hall–Kier alpha value is -1.13. The summed E-state index contributed by atoms with van der Waals surface area (Å²) in [7, 11) is 0. The summed E-state index contributed by atoms with van der Waals surface area (Å²) < 4.78 is 0. The molecule has 4 nitrogen and oxygen atoms in total. The van der Waals surface area contributed by atoms with E-state index < -0.39 is 5.54 Å². The van der Waals surface area contributed by atoms with Crippen LogP contribution < -0.4 is 18.1 Å². The molecule has 1 aromatic carbocycles. The van der Waals surface area contributed by atoms with Crippen molar-refractivity contribution in [3.63, 3.8) is 0 Å². The van der Waals surface area contributed by atoms with E-state index in [1.165, 1.54) is 6.08 Å². The van der Waals surface area contributed by atoms with Gasteiger partial charge >= 0.3 is 0 Å². The van der Waals surface area contributed by atoms with E-state index in [4.69, 9.17) is 5.73 Å². The van der Waals surface area contributed by atoms with E-state index in [2.05, 4.69) is 0 Å². The molecule has 0 aromatic heterocycles. The van der Waals surface area contributed by atoms with Crippen LogP contribution >= 0.6 is 0 Å². The molecule has 0 heterocycles. The smallest absolute Gasteiger partial charge is 0.265 e. The number of fused-ring (bicyclic) bond motifs is 2. The van der Waals surface area contributed by atoms with Gasteiger partial charge in [-0.3, -0.25) is 10.1 Å². The van der Waals surface area contributed by atoms with Crippen LogP contribution in [0, 0.1) is 10.1 Å². The molecule has 0 fully saturated rings. The third-order valence-corrected chi connectivity index (χ3v) is 3.36. The number of halogens is 1. The van der Waals surface area contributed by atoms with Gasteiger partial charge in [0.25, 0.3) is 5.70 Å². The van der Waals surface area contributed by atoms with Gasteiger partial charge in [0.1, 0.15) is 0 Å². The first-order valence-electron chi connectivity index (χ1n) is 5.06. The first kappa shape index (κ1) is 14.9. The second kappa shape index (κ2) is 4.86. The Labute approximate surface area is 121 Å². The van der Waals surface area contributed by atoms with Gasteiger partial charge in [-0.2, -0.15) is 0 Å². The van der Waals surface area contributed by atoms with E-state index in [1.54, 1.807) is 12.2 Å². The predicted octanol–water partition coefficient (Wildman–Crippen LogP) is -1.33. The van der Waals surface area contributed by atoms with Crippen molar-refractivity contribution in [3.8, 4) is 0 Å². The molecular weight excluding hydrogens is 295 g/mol. The molecular formula is C12H10ClFeN2O2-. The third kappa shape index (κ3) is 1.89. The summed E-state index contributed by atoms with van der Waals surface area (Å²) in [5.41, 5.74) is 7.85. The van der Waals surface area contributed by atoms with Crippen molar-refractivity contribution in [2.24, 2.45) is 5.73 Å². The Balaban J connectivity index is 0.000000810. The first-order chi connectivity index (χ1) is 7.61. The molecule has 3 aliphatic carbocycles. The standard InChI is InChI=1S/C12H10N2O2.ClH.Fe/c13-12-6-5-10(14(15)16)7-11(12)8-1-3-9(12)4-2-8;;/h1-7,11H,13H2;1H;/p-1. The van der Waals surface area contributed by atoms with Gasteiger partial charge in [0, 0.05) is 35.1 Å². The van der Waals surface area contributed by atoms with E-state index in [0.29, 0.717) is 0 Å². The van der Waals surface area contributed by atoms with Crippen LogP contribution in [-0.2, 0) is 22.6 Å². The molecule has 2 atom stereocenters. The normalized spacial score (nSPS) is 26.5. The number of hydrogen-bond donors (Lipinski definition) is 1. The van der Waals surface area contributed by atoms with Crippen molar-refractivity contribution in [1.29, 1.82) is 0 Å². The van der Waals surface area contributed by atoms with Crippen molar-refractivity contribution in [2.45, 2.75) is 11.5 Å². The number of allylic oxidation sites excluding steroid dienone is 1. The molecule has 0 amide bonds. The molecule has 0 saturated heterocycles.